The van der Waals surface area contributed by atoms with Gasteiger partial charge in [0.25, 0.3) is 10.0 Å². The third-order valence-electron chi connectivity index (χ3n) is 4.01. The van der Waals surface area contributed by atoms with Crippen LogP contribution < -0.4 is 10.5 Å². The first-order valence-corrected chi connectivity index (χ1v) is 11.5. The molecule has 0 aliphatic heterocycles. The van der Waals surface area contributed by atoms with E-state index in [1.807, 2.05) is 60.7 Å². The molecule has 0 aliphatic rings. The van der Waals surface area contributed by atoms with E-state index in [1.165, 1.54) is 35.6 Å². The van der Waals surface area contributed by atoms with E-state index < -0.39 is 10.0 Å². The van der Waals surface area contributed by atoms with Crippen LogP contribution in [0.25, 0.3) is 0 Å². The summed E-state index contributed by atoms with van der Waals surface area (Å²) in [4.78, 5) is 12.0. The van der Waals surface area contributed by atoms with Gasteiger partial charge in [-0.1, -0.05) is 72.0 Å². The van der Waals surface area contributed by atoms with Crippen molar-refractivity contribution in [3.63, 3.8) is 0 Å². The van der Waals surface area contributed by atoms with Crippen LogP contribution in [0.4, 0.5) is 10.8 Å². The molecular formula is C22H20N4O3S2. The molecule has 7 nitrogen and oxygen atoms in total. The SMILES string of the molecule is Cc1nnc(NS(=O)(=O)c2ccc(N)cc2)s1.O=C(c1ccccc1)c1ccccc1. The highest BCUT2D eigenvalue weighted by molar-refractivity contribution is 7.93. The van der Waals surface area contributed by atoms with Crippen LogP contribution in [-0.4, -0.2) is 24.4 Å². The minimum atomic E-state index is -3.61. The Kier molecular flexibility index (Phi) is 7.11. The van der Waals surface area contributed by atoms with E-state index >= 15 is 0 Å². The fourth-order valence-electron chi connectivity index (χ4n) is 2.50. The number of ketones is 1. The summed E-state index contributed by atoms with van der Waals surface area (Å²) in [6, 6.07) is 24.5. The zero-order valence-electron chi connectivity index (χ0n) is 16.6. The van der Waals surface area contributed by atoms with Crippen LogP contribution in [-0.2, 0) is 10.0 Å². The zero-order valence-corrected chi connectivity index (χ0v) is 18.2. The number of carbonyl (C=O) groups excluding carboxylic acids is 1. The molecule has 0 bridgehead atoms. The lowest BCUT2D eigenvalue weighted by molar-refractivity contribution is 0.103. The molecule has 0 saturated carbocycles. The van der Waals surface area contributed by atoms with E-state index in [1.54, 1.807) is 6.92 Å². The second kappa shape index (κ2) is 9.96. The topological polar surface area (TPSA) is 115 Å². The Morgan fingerprint density at radius 3 is 1.81 bits per heavy atom. The fraction of sp³-hybridized carbons (Fsp3) is 0.0455. The first-order chi connectivity index (χ1) is 14.8. The monoisotopic (exact) mass is 452 g/mol. The van der Waals surface area contributed by atoms with Crippen molar-refractivity contribution in [3.8, 4) is 0 Å². The second-order valence-electron chi connectivity index (χ2n) is 6.36. The molecule has 3 aromatic carbocycles. The highest BCUT2D eigenvalue weighted by Crippen LogP contribution is 2.19. The maximum Gasteiger partial charge on any atom is 0.263 e. The molecule has 0 fully saturated rings. The van der Waals surface area contributed by atoms with Crippen molar-refractivity contribution in [1.29, 1.82) is 0 Å². The van der Waals surface area contributed by atoms with E-state index in [0.717, 1.165) is 11.1 Å². The molecule has 0 radical (unpaired) electrons. The summed E-state index contributed by atoms with van der Waals surface area (Å²) in [5.74, 6) is 0.0752. The molecule has 9 heteroatoms. The summed E-state index contributed by atoms with van der Waals surface area (Å²) in [5, 5.41) is 8.37. The van der Waals surface area contributed by atoms with E-state index in [0.29, 0.717) is 10.7 Å². The van der Waals surface area contributed by atoms with Gasteiger partial charge in [-0.05, 0) is 31.2 Å². The summed E-state index contributed by atoms with van der Waals surface area (Å²) >= 11 is 1.18. The van der Waals surface area contributed by atoms with E-state index in [2.05, 4.69) is 14.9 Å². The average Bonchev–Trinajstić information content (AvgIpc) is 3.19. The van der Waals surface area contributed by atoms with Gasteiger partial charge < -0.3 is 5.73 Å². The Morgan fingerprint density at radius 2 is 1.35 bits per heavy atom. The third-order valence-corrected chi connectivity index (χ3v) is 6.25. The molecule has 158 valence electrons. The van der Waals surface area contributed by atoms with Crippen LogP contribution in [0.3, 0.4) is 0 Å². The van der Waals surface area contributed by atoms with Gasteiger partial charge >= 0.3 is 0 Å². The number of anilines is 2. The number of nitrogen functional groups attached to an aromatic ring is 1. The lowest BCUT2D eigenvalue weighted by Gasteiger charge is -2.04. The molecular weight excluding hydrogens is 432 g/mol. The minimum Gasteiger partial charge on any atom is -0.399 e. The predicted molar refractivity (Wildman–Crippen MR) is 123 cm³/mol. The summed E-state index contributed by atoms with van der Waals surface area (Å²) < 4.78 is 26.2. The summed E-state index contributed by atoms with van der Waals surface area (Å²) in [6.07, 6.45) is 0. The number of aryl methyl sites for hydroxylation is 1. The standard InChI is InChI=1S/C13H10O.C9H10N4O2S2/c14-13(11-7-3-1-4-8-11)12-9-5-2-6-10-12;1-6-11-12-9(16-6)13-17(14,15)8-4-2-7(10)3-5-8/h1-10H;2-5H,10H2,1H3,(H,12,13). The number of carbonyl (C=O) groups is 1. The first kappa shape index (κ1) is 22.1. The second-order valence-corrected chi connectivity index (χ2v) is 9.23. The highest BCUT2D eigenvalue weighted by Gasteiger charge is 2.15. The molecule has 0 aliphatic carbocycles. The van der Waals surface area contributed by atoms with Gasteiger partial charge in [0, 0.05) is 16.8 Å². The number of benzene rings is 3. The van der Waals surface area contributed by atoms with E-state index in [9.17, 15) is 13.2 Å². The average molecular weight is 453 g/mol. The Balaban J connectivity index is 0.000000179. The number of nitrogens with one attached hydrogen (secondary N) is 1. The Bertz CT molecular complexity index is 1200. The van der Waals surface area contributed by atoms with Gasteiger partial charge in [-0.25, -0.2) is 8.42 Å². The van der Waals surface area contributed by atoms with Crippen molar-refractivity contribution >= 4 is 38.0 Å². The number of aromatic nitrogens is 2. The number of nitrogens with zero attached hydrogens (tertiary/aromatic N) is 2. The van der Waals surface area contributed by atoms with Crippen molar-refractivity contribution in [2.45, 2.75) is 11.8 Å². The Labute approximate surface area is 184 Å². The Hall–Kier alpha value is -3.56. The summed E-state index contributed by atoms with van der Waals surface area (Å²) in [6.45, 7) is 1.75. The van der Waals surface area contributed by atoms with Gasteiger partial charge in [0.05, 0.1) is 4.90 Å². The van der Waals surface area contributed by atoms with Crippen LogP contribution in [0.5, 0.6) is 0 Å². The Morgan fingerprint density at radius 1 is 0.839 bits per heavy atom. The third kappa shape index (κ3) is 6.21. The van der Waals surface area contributed by atoms with E-state index in [4.69, 9.17) is 5.73 Å². The normalized spacial score (nSPS) is 10.6. The van der Waals surface area contributed by atoms with Gasteiger partial charge in [-0.3, -0.25) is 9.52 Å². The number of hydrogen-bond donors (Lipinski definition) is 2. The maximum absolute atomic E-state index is 11.9. The molecule has 4 aromatic rings. The van der Waals surface area contributed by atoms with Crippen LogP contribution in [0, 0.1) is 6.92 Å². The molecule has 0 spiro atoms. The van der Waals surface area contributed by atoms with Gasteiger partial charge in [0.2, 0.25) is 5.13 Å². The van der Waals surface area contributed by atoms with Gasteiger partial charge in [0.1, 0.15) is 5.01 Å². The summed E-state index contributed by atoms with van der Waals surface area (Å²) in [7, 11) is -3.61. The number of hydrogen-bond acceptors (Lipinski definition) is 7. The number of sulfonamides is 1. The van der Waals surface area contributed by atoms with Crippen molar-refractivity contribution in [1.82, 2.24) is 10.2 Å². The minimum absolute atomic E-state index is 0.0752. The molecule has 3 N–H and O–H groups in total. The predicted octanol–water partition coefficient (Wildman–Crippen LogP) is 4.15. The van der Waals surface area contributed by atoms with Crippen molar-refractivity contribution in [3.05, 3.63) is 101 Å². The fourth-order valence-corrected chi connectivity index (χ4v) is 4.33. The first-order valence-electron chi connectivity index (χ1n) is 9.18. The maximum atomic E-state index is 11.9. The van der Waals surface area contributed by atoms with Crippen molar-refractivity contribution in [2.24, 2.45) is 0 Å². The molecule has 1 heterocycles. The molecule has 1 aromatic heterocycles. The lowest BCUT2D eigenvalue weighted by atomic mass is 10.0. The van der Waals surface area contributed by atoms with Crippen LogP contribution in [0.1, 0.15) is 20.9 Å². The van der Waals surface area contributed by atoms with E-state index in [-0.39, 0.29) is 15.8 Å². The van der Waals surface area contributed by atoms with Crippen LogP contribution in [0.2, 0.25) is 0 Å². The van der Waals surface area contributed by atoms with Gasteiger partial charge in [0.15, 0.2) is 5.78 Å². The quantitative estimate of drug-likeness (QED) is 0.347. The van der Waals surface area contributed by atoms with Crippen LogP contribution in [0.15, 0.2) is 89.8 Å². The molecule has 0 atom stereocenters. The van der Waals surface area contributed by atoms with Gasteiger partial charge in [-0.2, -0.15) is 0 Å². The van der Waals surface area contributed by atoms with Gasteiger partial charge in [-0.15, -0.1) is 10.2 Å². The highest BCUT2D eigenvalue weighted by atomic mass is 32.2. The molecule has 4 rings (SSSR count). The van der Waals surface area contributed by atoms with Crippen molar-refractivity contribution in [2.75, 3.05) is 10.5 Å². The molecule has 31 heavy (non-hydrogen) atoms. The van der Waals surface area contributed by atoms with Crippen molar-refractivity contribution < 1.29 is 13.2 Å². The zero-order chi connectivity index (χ0) is 22.3. The number of rotatable bonds is 5. The summed E-state index contributed by atoms with van der Waals surface area (Å²) in [5.41, 5.74) is 7.47. The smallest absolute Gasteiger partial charge is 0.263 e. The number of nitrogens with two attached hydrogens (primary N) is 1. The molecule has 0 amide bonds. The largest absolute Gasteiger partial charge is 0.399 e. The van der Waals surface area contributed by atoms with Crippen LogP contribution >= 0.6 is 11.3 Å². The molecule has 0 saturated heterocycles. The molecule has 0 unspecified atom stereocenters. The lowest BCUT2D eigenvalue weighted by Crippen LogP contribution is -2.12.